The molecule has 98 valence electrons. The minimum atomic E-state index is -0.291. The number of allylic oxidation sites excluding steroid dienone is 1. The third-order valence-electron chi connectivity index (χ3n) is 3.34. The highest BCUT2D eigenvalue weighted by atomic mass is 35.5. The van der Waals surface area contributed by atoms with Crippen molar-refractivity contribution in [3.05, 3.63) is 46.3 Å². The second kappa shape index (κ2) is 6.35. The molecule has 0 heterocycles. The lowest BCUT2D eigenvalue weighted by Crippen LogP contribution is -2.24. The van der Waals surface area contributed by atoms with Crippen LogP contribution < -0.4 is 5.32 Å². The van der Waals surface area contributed by atoms with E-state index in [1.54, 1.807) is 6.07 Å². The first-order valence-electron chi connectivity index (χ1n) is 6.60. The molecule has 0 amide bonds. The Labute approximate surface area is 113 Å². The maximum atomic E-state index is 14.1. The molecule has 0 spiro atoms. The largest absolute Gasteiger partial charge is 0.306 e. The minimum absolute atomic E-state index is 0.0221. The van der Waals surface area contributed by atoms with E-state index in [2.05, 4.69) is 18.3 Å². The standard InChI is InChI=1S/C15H19ClFN/c1-2-10-18-15(11-6-3-4-7-11)12-8-5-9-13(16)14(12)17/h5-6,8-9,15,18H,2-4,7,10H2,1H3. The molecule has 1 nitrogen and oxygen atoms in total. The Morgan fingerprint density at radius 1 is 1.44 bits per heavy atom. The van der Waals surface area contributed by atoms with Gasteiger partial charge in [0.05, 0.1) is 11.1 Å². The molecule has 0 saturated heterocycles. The predicted molar refractivity (Wildman–Crippen MR) is 74.4 cm³/mol. The molecule has 1 aromatic rings. The van der Waals surface area contributed by atoms with Crippen LogP contribution in [0.4, 0.5) is 4.39 Å². The van der Waals surface area contributed by atoms with Crippen molar-refractivity contribution < 1.29 is 4.39 Å². The molecule has 0 saturated carbocycles. The van der Waals surface area contributed by atoms with Gasteiger partial charge in [0, 0.05) is 5.56 Å². The van der Waals surface area contributed by atoms with Crippen molar-refractivity contribution in [2.24, 2.45) is 0 Å². The smallest absolute Gasteiger partial charge is 0.146 e. The zero-order valence-corrected chi connectivity index (χ0v) is 11.4. The second-order valence-electron chi connectivity index (χ2n) is 4.70. The molecule has 0 aromatic heterocycles. The third-order valence-corrected chi connectivity index (χ3v) is 3.63. The maximum Gasteiger partial charge on any atom is 0.146 e. The molecule has 1 aliphatic rings. The number of nitrogens with one attached hydrogen (secondary N) is 1. The molecule has 3 heteroatoms. The van der Waals surface area contributed by atoms with Gasteiger partial charge in [0.25, 0.3) is 0 Å². The van der Waals surface area contributed by atoms with Crippen LogP contribution in [0, 0.1) is 5.82 Å². The van der Waals surface area contributed by atoms with E-state index in [1.165, 1.54) is 12.0 Å². The summed E-state index contributed by atoms with van der Waals surface area (Å²) in [5.41, 5.74) is 1.97. The first-order chi connectivity index (χ1) is 8.74. The average Bonchev–Trinajstić information content (AvgIpc) is 2.88. The van der Waals surface area contributed by atoms with Crippen LogP contribution in [-0.2, 0) is 0 Å². The number of benzene rings is 1. The van der Waals surface area contributed by atoms with Gasteiger partial charge in [-0.05, 0) is 38.3 Å². The van der Waals surface area contributed by atoms with Crippen LogP contribution in [0.15, 0.2) is 29.8 Å². The Hall–Kier alpha value is -0.860. The Bertz CT molecular complexity index is 442. The van der Waals surface area contributed by atoms with E-state index in [-0.39, 0.29) is 16.9 Å². The van der Waals surface area contributed by atoms with Crippen LogP contribution in [0.25, 0.3) is 0 Å². The summed E-state index contributed by atoms with van der Waals surface area (Å²) in [4.78, 5) is 0. The molecular weight excluding hydrogens is 249 g/mol. The minimum Gasteiger partial charge on any atom is -0.306 e. The normalized spacial score (nSPS) is 16.7. The lowest BCUT2D eigenvalue weighted by molar-refractivity contribution is 0.535. The first kappa shape index (κ1) is 13.6. The highest BCUT2D eigenvalue weighted by Gasteiger charge is 2.22. The van der Waals surface area contributed by atoms with Crippen LogP contribution in [0.2, 0.25) is 5.02 Å². The molecule has 0 aliphatic heterocycles. The zero-order chi connectivity index (χ0) is 13.0. The summed E-state index contributed by atoms with van der Waals surface area (Å²) in [6.45, 7) is 3.00. The van der Waals surface area contributed by atoms with Crippen molar-refractivity contribution in [3.63, 3.8) is 0 Å². The SMILES string of the molecule is CCCNC(C1=CCCC1)c1cccc(Cl)c1F. The Balaban J connectivity index is 2.30. The monoisotopic (exact) mass is 267 g/mol. The summed E-state index contributed by atoms with van der Waals surface area (Å²) in [5.74, 6) is -0.291. The fourth-order valence-corrected chi connectivity index (χ4v) is 2.61. The van der Waals surface area contributed by atoms with E-state index >= 15 is 0 Å². The van der Waals surface area contributed by atoms with Gasteiger partial charge in [-0.3, -0.25) is 0 Å². The summed E-state index contributed by atoms with van der Waals surface area (Å²) in [6.07, 6.45) is 6.58. The van der Waals surface area contributed by atoms with Crippen LogP contribution >= 0.6 is 11.6 Å². The highest BCUT2D eigenvalue weighted by molar-refractivity contribution is 6.30. The molecule has 1 N–H and O–H groups in total. The van der Waals surface area contributed by atoms with Crippen LogP contribution in [0.3, 0.4) is 0 Å². The molecule has 0 fully saturated rings. The van der Waals surface area contributed by atoms with E-state index in [0.717, 1.165) is 25.8 Å². The van der Waals surface area contributed by atoms with Crippen LogP contribution in [-0.4, -0.2) is 6.54 Å². The summed E-state index contributed by atoms with van der Waals surface area (Å²) in [5, 5.41) is 3.63. The van der Waals surface area contributed by atoms with Crippen molar-refractivity contribution in [3.8, 4) is 0 Å². The van der Waals surface area contributed by atoms with E-state index in [9.17, 15) is 4.39 Å². The highest BCUT2D eigenvalue weighted by Crippen LogP contribution is 2.33. The van der Waals surface area contributed by atoms with E-state index < -0.39 is 0 Å². The Morgan fingerprint density at radius 2 is 2.28 bits per heavy atom. The number of hydrogen-bond acceptors (Lipinski definition) is 1. The van der Waals surface area contributed by atoms with Crippen molar-refractivity contribution in [1.82, 2.24) is 5.32 Å². The van der Waals surface area contributed by atoms with Crippen molar-refractivity contribution >= 4 is 11.6 Å². The summed E-state index contributed by atoms with van der Waals surface area (Å²) >= 11 is 5.88. The molecule has 1 atom stereocenters. The molecule has 1 aromatic carbocycles. The Kier molecular flexibility index (Phi) is 4.79. The summed E-state index contributed by atoms with van der Waals surface area (Å²) < 4.78 is 14.1. The third kappa shape index (κ3) is 2.93. The van der Waals surface area contributed by atoms with Crippen LogP contribution in [0.5, 0.6) is 0 Å². The Morgan fingerprint density at radius 3 is 2.94 bits per heavy atom. The molecule has 0 bridgehead atoms. The molecular formula is C15H19ClFN. The zero-order valence-electron chi connectivity index (χ0n) is 10.7. The van der Waals surface area contributed by atoms with Gasteiger partial charge in [0.1, 0.15) is 5.82 Å². The maximum absolute atomic E-state index is 14.1. The van der Waals surface area contributed by atoms with Gasteiger partial charge in [-0.25, -0.2) is 4.39 Å². The quantitative estimate of drug-likeness (QED) is 0.767. The fraction of sp³-hybridized carbons (Fsp3) is 0.467. The lowest BCUT2D eigenvalue weighted by Gasteiger charge is -2.21. The van der Waals surface area contributed by atoms with Gasteiger partial charge in [-0.1, -0.05) is 42.3 Å². The van der Waals surface area contributed by atoms with E-state index in [1.807, 2.05) is 12.1 Å². The number of rotatable bonds is 5. The van der Waals surface area contributed by atoms with Gasteiger partial charge in [0.2, 0.25) is 0 Å². The molecule has 1 unspecified atom stereocenters. The van der Waals surface area contributed by atoms with Crippen LogP contribution in [0.1, 0.15) is 44.2 Å². The average molecular weight is 268 g/mol. The van der Waals surface area contributed by atoms with Gasteiger partial charge in [0.15, 0.2) is 0 Å². The molecule has 1 aliphatic carbocycles. The van der Waals surface area contributed by atoms with E-state index in [4.69, 9.17) is 11.6 Å². The van der Waals surface area contributed by atoms with E-state index in [0.29, 0.717) is 5.56 Å². The van der Waals surface area contributed by atoms with Crippen molar-refractivity contribution in [1.29, 1.82) is 0 Å². The van der Waals surface area contributed by atoms with Gasteiger partial charge in [-0.15, -0.1) is 0 Å². The van der Waals surface area contributed by atoms with Crippen molar-refractivity contribution in [2.45, 2.75) is 38.6 Å². The number of hydrogen-bond donors (Lipinski definition) is 1. The topological polar surface area (TPSA) is 12.0 Å². The van der Waals surface area contributed by atoms with Gasteiger partial charge in [-0.2, -0.15) is 0 Å². The molecule has 18 heavy (non-hydrogen) atoms. The second-order valence-corrected chi connectivity index (χ2v) is 5.11. The summed E-state index contributed by atoms with van der Waals surface area (Å²) in [6, 6.07) is 5.22. The number of halogens is 2. The van der Waals surface area contributed by atoms with Gasteiger partial charge >= 0.3 is 0 Å². The van der Waals surface area contributed by atoms with Gasteiger partial charge < -0.3 is 5.32 Å². The predicted octanol–water partition coefficient (Wildman–Crippen LogP) is 4.63. The van der Waals surface area contributed by atoms with Crippen molar-refractivity contribution in [2.75, 3.05) is 6.54 Å². The summed E-state index contributed by atoms with van der Waals surface area (Å²) in [7, 11) is 0. The fourth-order valence-electron chi connectivity index (χ4n) is 2.43. The first-order valence-corrected chi connectivity index (χ1v) is 6.98. The molecule has 2 rings (SSSR count). The lowest BCUT2D eigenvalue weighted by atomic mass is 9.97. The molecule has 0 radical (unpaired) electrons.